The minimum Gasteiger partial charge on any atom is -0.350 e. The van der Waals surface area contributed by atoms with Gasteiger partial charge in [0.1, 0.15) is 5.69 Å². The summed E-state index contributed by atoms with van der Waals surface area (Å²) in [6.45, 7) is 12.1. The maximum Gasteiger partial charge on any atom is 0.272 e. The number of nitrogens with one attached hydrogen (secondary N) is 1. The number of piperazine rings is 1. The Hall–Kier alpha value is -2.47. The van der Waals surface area contributed by atoms with Crippen molar-refractivity contribution < 1.29 is 4.79 Å². The van der Waals surface area contributed by atoms with Gasteiger partial charge in [0.2, 0.25) is 5.95 Å². The van der Waals surface area contributed by atoms with Crippen LogP contribution in [0.4, 0.5) is 5.95 Å². The highest BCUT2D eigenvalue weighted by atomic mass is 16.2. The first-order valence-electron chi connectivity index (χ1n) is 9.49. The van der Waals surface area contributed by atoms with Gasteiger partial charge in [-0.3, -0.25) is 9.69 Å². The normalized spacial score (nSPS) is 15.6. The van der Waals surface area contributed by atoms with Gasteiger partial charge in [0.15, 0.2) is 0 Å². The van der Waals surface area contributed by atoms with Crippen LogP contribution in [0.25, 0.3) is 0 Å². The molecule has 0 unspecified atom stereocenters. The van der Waals surface area contributed by atoms with Gasteiger partial charge in [0.05, 0.1) is 0 Å². The molecule has 1 aromatic heterocycles. The highest BCUT2D eigenvalue weighted by Crippen LogP contribution is 2.15. The second kappa shape index (κ2) is 8.05. The lowest BCUT2D eigenvalue weighted by Crippen LogP contribution is -2.48. The van der Waals surface area contributed by atoms with Crippen LogP contribution >= 0.6 is 0 Å². The average Bonchev–Trinajstić information content (AvgIpc) is 2.61. The summed E-state index contributed by atoms with van der Waals surface area (Å²) in [4.78, 5) is 26.1. The van der Waals surface area contributed by atoms with Crippen LogP contribution in [-0.2, 0) is 6.54 Å². The van der Waals surface area contributed by atoms with Gasteiger partial charge in [-0.1, -0.05) is 30.3 Å². The van der Waals surface area contributed by atoms with Crippen LogP contribution in [0.3, 0.4) is 0 Å². The quantitative estimate of drug-likeness (QED) is 0.900. The fraction of sp³-hybridized carbons (Fsp3) is 0.476. The van der Waals surface area contributed by atoms with Crippen LogP contribution < -0.4 is 5.32 Å². The van der Waals surface area contributed by atoms with Gasteiger partial charge >= 0.3 is 0 Å². The third kappa shape index (κ3) is 5.50. The molecule has 1 aliphatic heterocycles. The molecule has 1 N–H and O–H groups in total. The second-order valence-electron chi connectivity index (χ2n) is 8.15. The number of anilines is 1. The van der Waals surface area contributed by atoms with Crippen molar-refractivity contribution in [3.8, 4) is 0 Å². The molecule has 1 amide bonds. The lowest BCUT2D eigenvalue weighted by Gasteiger charge is -2.34. The van der Waals surface area contributed by atoms with Crippen LogP contribution in [0.5, 0.6) is 0 Å². The van der Waals surface area contributed by atoms with Gasteiger partial charge in [0, 0.05) is 44.0 Å². The van der Waals surface area contributed by atoms with Crippen molar-refractivity contribution in [3.05, 3.63) is 53.3 Å². The number of carbonyl (C=O) groups is 1. The van der Waals surface area contributed by atoms with Gasteiger partial charge in [-0.05, 0) is 39.3 Å². The Morgan fingerprint density at radius 1 is 1.07 bits per heavy atom. The number of aromatic nitrogens is 2. The van der Waals surface area contributed by atoms with E-state index in [4.69, 9.17) is 0 Å². The van der Waals surface area contributed by atoms with Crippen molar-refractivity contribution in [2.45, 2.75) is 39.8 Å². The molecule has 0 atom stereocenters. The minimum atomic E-state index is -0.156. The summed E-state index contributed by atoms with van der Waals surface area (Å²) in [6, 6.07) is 12.2. The summed E-state index contributed by atoms with van der Waals surface area (Å²) in [5.74, 6) is 0.491. The Kier molecular flexibility index (Phi) is 5.75. The Morgan fingerprint density at radius 3 is 2.37 bits per heavy atom. The number of rotatable bonds is 4. The molecule has 0 spiro atoms. The van der Waals surface area contributed by atoms with Crippen LogP contribution in [0.15, 0.2) is 36.4 Å². The molecule has 1 aliphatic rings. The molecule has 2 heterocycles. The number of amides is 1. The van der Waals surface area contributed by atoms with Crippen molar-refractivity contribution in [2.75, 3.05) is 31.5 Å². The van der Waals surface area contributed by atoms with Gasteiger partial charge in [-0.2, -0.15) is 0 Å². The minimum absolute atomic E-state index is 0.0168. The SMILES string of the molecule is Cc1cc(C(=O)N2CCN(Cc3ccccc3)CC2)nc(NC(C)(C)C)n1. The van der Waals surface area contributed by atoms with Crippen LogP contribution in [0, 0.1) is 6.92 Å². The zero-order valence-electron chi connectivity index (χ0n) is 16.7. The molecule has 0 aliphatic carbocycles. The molecule has 27 heavy (non-hydrogen) atoms. The predicted molar refractivity (Wildman–Crippen MR) is 108 cm³/mol. The number of nitrogens with zero attached hydrogens (tertiary/aromatic N) is 4. The van der Waals surface area contributed by atoms with E-state index in [0.29, 0.717) is 11.6 Å². The fourth-order valence-electron chi connectivity index (χ4n) is 3.18. The zero-order chi connectivity index (χ0) is 19.4. The van der Waals surface area contributed by atoms with Gasteiger partial charge in [-0.25, -0.2) is 9.97 Å². The number of carbonyl (C=O) groups excluding carboxylic acids is 1. The molecule has 6 nitrogen and oxygen atoms in total. The van der Waals surface area contributed by atoms with E-state index in [1.165, 1.54) is 5.56 Å². The number of benzene rings is 1. The van der Waals surface area contributed by atoms with E-state index in [1.807, 2.05) is 38.7 Å². The zero-order valence-corrected chi connectivity index (χ0v) is 16.7. The fourth-order valence-corrected chi connectivity index (χ4v) is 3.18. The standard InChI is InChI=1S/C21H29N5O/c1-16-14-18(23-20(22-16)24-21(2,3)4)19(27)26-12-10-25(11-13-26)15-17-8-6-5-7-9-17/h5-9,14H,10-13,15H2,1-4H3,(H,22,23,24). The van der Waals surface area contributed by atoms with E-state index in [-0.39, 0.29) is 11.4 Å². The van der Waals surface area contributed by atoms with Crippen LogP contribution in [0.1, 0.15) is 42.5 Å². The average molecular weight is 367 g/mol. The van der Waals surface area contributed by atoms with E-state index < -0.39 is 0 Å². The molecule has 0 bridgehead atoms. The molecule has 144 valence electrons. The molecule has 2 aromatic rings. The largest absolute Gasteiger partial charge is 0.350 e. The van der Waals surface area contributed by atoms with E-state index in [2.05, 4.69) is 44.5 Å². The first-order chi connectivity index (χ1) is 12.8. The molecule has 1 fully saturated rings. The number of aryl methyl sites for hydroxylation is 1. The molecule has 3 rings (SSSR count). The first kappa shape index (κ1) is 19.3. The lowest BCUT2D eigenvalue weighted by atomic mass is 10.1. The third-order valence-electron chi connectivity index (χ3n) is 4.47. The topological polar surface area (TPSA) is 61.4 Å². The maximum atomic E-state index is 12.9. The molecule has 0 saturated carbocycles. The van der Waals surface area contributed by atoms with Gasteiger partial charge < -0.3 is 10.2 Å². The van der Waals surface area contributed by atoms with E-state index in [1.54, 1.807) is 6.07 Å². The molecule has 6 heteroatoms. The highest BCUT2D eigenvalue weighted by Gasteiger charge is 2.24. The van der Waals surface area contributed by atoms with E-state index in [0.717, 1.165) is 38.4 Å². The predicted octanol–water partition coefficient (Wildman–Crippen LogP) is 2.95. The van der Waals surface area contributed by atoms with Crippen LogP contribution in [-0.4, -0.2) is 57.4 Å². The van der Waals surface area contributed by atoms with Crippen molar-refractivity contribution in [3.63, 3.8) is 0 Å². The number of hydrogen-bond acceptors (Lipinski definition) is 5. The Labute approximate surface area is 161 Å². The molecule has 1 saturated heterocycles. The summed E-state index contributed by atoms with van der Waals surface area (Å²) < 4.78 is 0. The Balaban J connectivity index is 1.62. The summed E-state index contributed by atoms with van der Waals surface area (Å²) in [5, 5.41) is 3.25. The Morgan fingerprint density at radius 2 is 1.74 bits per heavy atom. The summed E-state index contributed by atoms with van der Waals surface area (Å²) in [6.07, 6.45) is 0. The van der Waals surface area contributed by atoms with Crippen LogP contribution in [0.2, 0.25) is 0 Å². The van der Waals surface area contributed by atoms with Crippen molar-refractivity contribution in [2.24, 2.45) is 0 Å². The lowest BCUT2D eigenvalue weighted by molar-refractivity contribution is 0.0622. The molecular weight excluding hydrogens is 338 g/mol. The monoisotopic (exact) mass is 367 g/mol. The second-order valence-corrected chi connectivity index (χ2v) is 8.15. The van der Waals surface area contributed by atoms with Crippen molar-refractivity contribution in [1.29, 1.82) is 0 Å². The number of hydrogen-bond donors (Lipinski definition) is 1. The smallest absolute Gasteiger partial charge is 0.272 e. The molecular formula is C21H29N5O. The highest BCUT2D eigenvalue weighted by molar-refractivity contribution is 5.92. The van der Waals surface area contributed by atoms with E-state index >= 15 is 0 Å². The summed E-state index contributed by atoms with van der Waals surface area (Å²) >= 11 is 0. The maximum absolute atomic E-state index is 12.9. The Bertz CT molecular complexity index is 777. The molecule has 0 radical (unpaired) electrons. The first-order valence-corrected chi connectivity index (χ1v) is 9.49. The summed E-state index contributed by atoms with van der Waals surface area (Å²) in [7, 11) is 0. The third-order valence-corrected chi connectivity index (χ3v) is 4.47. The molecule has 1 aromatic carbocycles. The van der Waals surface area contributed by atoms with Gasteiger partial charge in [0.25, 0.3) is 5.91 Å². The van der Waals surface area contributed by atoms with E-state index in [9.17, 15) is 4.79 Å². The van der Waals surface area contributed by atoms with Gasteiger partial charge in [-0.15, -0.1) is 0 Å². The van der Waals surface area contributed by atoms with Crippen molar-refractivity contribution in [1.82, 2.24) is 19.8 Å². The summed E-state index contributed by atoms with van der Waals surface area (Å²) in [5.41, 5.74) is 2.41. The van der Waals surface area contributed by atoms with Crippen molar-refractivity contribution >= 4 is 11.9 Å².